The van der Waals surface area contributed by atoms with Crippen LogP contribution in [0.3, 0.4) is 0 Å². The Kier molecular flexibility index (Phi) is 11.4. The lowest BCUT2D eigenvalue weighted by Gasteiger charge is -2.24. The van der Waals surface area contributed by atoms with Gasteiger partial charge in [0.1, 0.15) is 10.4 Å². The molecule has 1 aliphatic heterocycles. The van der Waals surface area contributed by atoms with Crippen LogP contribution in [0.1, 0.15) is 78.2 Å². The van der Waals surface area contributed by atoms with Crippen molar-refractivity contribution in [3.63, 3.8) is 0 Å². The third kappa shape index (κ3) is 8.01. The average Bonchev–Trinajstić information content (AvgIpc) is 3.05. The van der Waals surface area contributed by atoms with Gasteiger partial charge in [0, 0.05) is 0 Å². The van der Waals surface area contributed by atoms with Crippen LogP contribution in [0.2, 0.25) is 0 Å². The molecule has 2 atom stereocenters. The maximum atomic E-state index is 13.0. The zero-order valence-electron chi connectivity index (χ0n) is 20.8. The topological polar surface area (TPSA) is 76.1 Å². The van der Waals surface area contributed by atoms with Crippen LogP contribution in [0, 0.1) is 5.92 Å². The van der Waals surface area contributed by atoms with Crippen LogP contribution in [0.4, 0.5) is 0 Å². The summed E-state index contributed by atoms with van der Waals surface area (Å²) in [6, 6.07) is 4.56. The third-order valence-electron chi connectivity index (χ3n) is 5.64. The summed E-state index contributed by atoms with van der Waals surface area (Å²) < 4.78 is 11.9. The monoisotopic (exact) mass is 507 g/mol. The molecule has 0 bridgehead atoms. The van der Waals surface area contributed by atoms with E-state index in [1.165, 1.54) is 30.6 Å². The second kappa shape index (κ2) is 13.7. The predicted octanol–water partition coefficient (Wildman–Crippen LogP) is 6.52. The number of unbranched alkanes of at least 4 members (excludes halogenated alkanes) is 4. The van der Waals surface area contributed by atoms with Crippen molar-refractivity contribution in [2.75, 3.05) is 7.11 Å². The Labute approximate surface area is 213 Å². The summed E-state index contributed by atoms with van der Waals surface area (Å²) in [5.74, 6) is -0.0559. The van der Waals surface area contributed by atoms with Crippen molar-refractivity contribution >= 4 is 46.3 Å². The molecule has 1 aromatic rings. The molecule has 6 nitrogen and oxygen atoms in total. The molecule has 1 fully saturated rings. The summed E-state index contributed by atoms with van der Waals surface area (Å²) in [5, 5.41) is 9.64. The van der Waals surface area contributed by atoms with Gasteiger partial charge < -0.3 is 14.6 Å². The van der Waals surface area contributed by atoms with Gasteiger partial charge in [-0.05, 0) is 55.9 Å². The maximum absolute atomic E-state index is 13.0. The van der Waals surface area contributed by atoms with Crippen LogP contribution >= 0.6 is 24.0 Å². The molecular formula is C26H37NO5S2. The largest absolute Gasteiger partial charge is 0.493 e. The van der Waals surface area contributed by atoms with Crippen molar-refractivity contribution in [3.05, 3.63) is 28.7 Å². The smallest absolute Gasteiger partial charge is 0.326 e. The maximum Gasteiger partial charge on any atom is 0.326 e. The number of hydrogen-bond donors (Lipinski definition) is 1. The van der Waals surface area contributed by atoms with Crippen LogP contribution < -0.4 is 9.47 Å². The molecule has 2 rings (SSSR count). The second-order valence-electron chi connectivity index (χ2n) is 9.08. The Bertz CT molecular complexity index is 899. The molecule has 1 amide bonds. The van der Waals surface area contributed by atoms with Crippen LogP contribution in [-0.4, -0.2) is 45.5 Å². The molecule has 0 saturated carbocycles. The number of amides is 1. The molecular weight excluding hydrogens is 470 g/mol. The highest BCUT2D eigenvalue weighted by Crippen LogP contribution is 2.37. The van der Waals surface area contributed by atoms with Gasteiger partial charge in [0.25, 0.3) is 5.91 Å². The molecule has 1 heterocycles. The molecule has 0 spiro atoms. The average molecular weight is 508 g/mol. The number of thiocarbonyl (C=S) groups is 1. The van der Waals surface area contributed by atoms with E-state index in [2.05, 4.69) is 13.8 Å². The van der Waals surface area contributed by atoms with Gasteiger partial charge >= 0.3 is 5.97 Å². The number of rotatable bonds is 14. The lowest BCUT2D eigenvalue weighted by atomic mass is 10.0. The number of carboxylic acid groups (broad SMARTS) is 1. The number of benzene rings is 1. The number of aliphatic carboxylic acids is 1. The first-order valence-corrected chi connectivity index (χ1v) is 13.2. The minimum absolute atomic E-state index is 0.0755. The number of carbonyl (C=O) groups excluding carboxylic acids is 1. The third-order valence-corrected chi connectivity index (χ3v) is 6.97. The van der Waals surface area contributed by atoms with Crippen LogP contribution in [0.5, 0.6) is 11.5 Å². The van der Waals surface area contributed by atoms with E-state index < -0.39 is 12.0 Å². The molecule has 1 aromatic carbocycles. The molecule has 34 heavy (non-hydrogen) atoms. The van der Waals surface area contributed by atoms with Gasteiger partial charge in [-0.3, -0.25) is 9.69 Å². The molecule has 0 unspecified atom stereocenters. The molecule has 1 saturated heterocycles. The highest BCUT2D eigenvalue weighted by molar-refractivity contribution is 8.26. The normalized spacial score (nSPS) is 16.9. The van der Waals surface area contributed by atoms with Crippen molar-refractivity contribution in [1.29, 1.82) is 0 Å². The quantitative estimate of drug-likeness (QED) is 0.174. The number of methoxy groups -OCH3 is 1. The zero-order chi connectivity index (χ0) is 25.3. The first-order valence-electron chi connectivity index (χ1n) is 12.0. The van der Waals surface area contributed by atoms with E-state index in [0.717, 1.165) is 30.2 Å². The fraction of sp³-hybridized carbons (Fsp3) is 0.577. The number of nitrogens with zero attached hydrogens (tertiary/aromatic N) is 1. The van der Waals surface area contributed by atoms with Crippen LogP contribution in [-0.2, 0) is 9.59 Å². The van der Waals surface area contributed by atoms with Crippen molar-refractivity contribution in [3.8, 4) is 11.5 Å². The van der Waals surface area contributed by atoms with E-state index >= 15 is 0 Å². The van der Waals surface area contributed by atoms with Crippen molar-refractivity contribution in [2.24, 2.45) is 5.92 Å². The highest BCUT2D eigenvalue weighted by atomic mass is 32.2. The van der Waals surface area contributed by atoms with E-state index in [1.54, 1.807) is 13.2 Å². The van der Waals surface area contributed by atoms with Crippen LogP contribution in [0.25, 0.3) is 6.08 Å². The molecule has 188 valence electrons. The Morgan fingerprint density at radius 2 is 1.88 bits per heavy atom. The Morgan fingerprint density at radius 3 is 2.50 bits per heavy atom. The number of thioether (sulfide) groups is 1. The van der Waals surface area contributed by atoms with E-state index in [1.807, 2.05) is 32.0 Å². The van der Waals surface area contributed by atoms with Gasteiger partial charge in [-0.25, -0.2) is 4.79 Å². The standard InChI is InChI=1S/C26H37NO5S2/c1-6-7-8-9-10-11-18(4)32-21-13-12-19(15-22(21)31-5)16-23-24(28)27(26(33)34-23)20(25(29)30)14-17(2)3/h12-13,15-18,20H,6-11,14H2,1-5H3,(H,29,30)/b23-16+/t18-,20-/m1/s1. The summed E-state index contributed by atoms with van der Waals surface area (Å²) >= 11 is 6.48. The second-order valence-corrected chi connectivity index (χ2v) is 10.8. The molecule has 0 radical (unpaired) electrons. The molecule has 1 N–H and O–H groups in total. The minimum Gasteiger partial charge on any atom is -0.493 e. The van der Waals surface area contributed by atoms with E-state index in [9.17, 15) is 14.7 Å². The number of carboxylic acids is 1. The lowest BCUT2D eigenvalue weighted by Crippen LogP contribution is -2.44. The number of ether oxygens (including phenoxy) is 2. The molecule has 8 heteroatoms. The Balaban J connectivity index is 2.11. The van der Waals surface area contributed by atoms with Crippen LogP contribution in [0.15, 0.2) is 23.1 Å². The molecule has 0 aromatic heterocycles. The van der Waals surface area contributed by atoms with Gasteiger partial charge in [0.2, 0.25) is 0 Å². The van der Waals surface area contributed by atoms with Gasteiger partial charge in [-0.2, -0.15) is 0 Å². The van der Waals surface area contributed by atoms with E-state index in [-0.39, 0.29) is 22.2 Å². The number of hydrogen-bond acceptors (Lipinski definition) is 6. The Hall–Kier alpha value is -2.06. The van der Waals surface area contributed by atoms with Gasteiger partial charge in [-0.15, -0.1) is 0 Å². The summed E-state index contributed by atoms with van der Waals surface area (Å²) in [7, 11) is 1.59. The van der Waals surface area contributed by atoms with Crippen molar-refractivity contribution in [1.82, 2.24) is 4.90 Å². The fourth-order valence-electron chi connectivity index (χ4n) is 3.85. The van der Waals surface area contributed by atoms with E-state index in [4.69, 9.17) is 21.7 Å². The first kappa shape index (κ1) is 28.2. The summed E-state index contributed by atoms with van der Waals surface area (Å²) in [4.78, 5) is 26.4. The Morgan fingerprint density at radius 1 is 1.18 bits per heavy atom. The summed E-state index contributed by atoms with van der Waals surface area (Å²) in [6.45, 7) is 8.12. The number of carbonyl (C=O) groups is 2. The van der Waals surface area contributed by atoms with Crippen molar-refractivity contribution in [2.45, 2.75) is 84.8 Å². The predicted molar refractivity (Wildman–Crippen MR) is 142 cm³/mol. The summed E-state index contributed by atoms with van der Waals surface area (Å²) in [5.41, 5.74) is 0.757. The van der Waals surface area contributed by atoms with Gasteiger partial charge in [0.05, 0.1) is 18.1 Å². The van der Waals surface area contributed by atoms with Crippen molar-refractivity contribution < 1.29 is 24.2 Å². The molecule has 1 aliphatic rings. The fourth-order valence-corrected chi connectivity index (χ4v) is 5.20. The minimum atomic E-state index is -1.05. The summed E-state index contributed by atoms with van der Waals surface area (Å²) in [6.07, 6.45) is 9.24. The highest BCUT2D eigenvalue weighted by Gasteiger charge is 2.40. The molecule has 0 aliphatic carbocycles. The first-order chi connectivity index (χ1) is 16.2. The van der Waals surface area contributed by atoms with Gasteiger partial charge in [-0.1, -0.05) is 76.5 Å². The zero-order valence-corrected chi connectivity index (χ0v) is 22.5. The SMILES string of the molecule is CCCCCCC[C@@H](C)Oc1ccc(/C=C2/SC(=S)N([C@H](CC(C)C)C(=O)O)C2=O)cc1OC. The lowest BCUT2D eigenvalue weighted by molar-refractivity contribution is -0.145. The van der Waals surface area contributed by atoms with Gasteiger partial charge in [0.15, 0.2) is 11.5 Å². The van der Waals surface area contributed by atoms with E-state index in [0.29, 0.717) is 22.8 Å².